The minimum atomic E-state index is -4.42. The van der Waals surface area contributed by atoms with Crippen LogP contribution in [0.2, 0.25) is 0 Å². The molecule has 3 aromatic rings. The van der Waals surface area contributed by atoms with Crippen molar-refractivity contribution < 1.29 is 18.0 Å². The summed E-state index contributed by atoms with van der Waals surface area (Å²) in [4.78, 5) is 24.2. The molecule has 0 fully saturated rings. The van der Waals surface area contributed by atoms with E-state index in [1.165, 1.54) is 24.5 Å². The monoisotopic (exact) mass is 373 g/mol. The van der Waals surface area contributed by atoms with Crippen LogP contribution in [-0.4, -0.2) is 20.9 Å². The van der Waals surface area contributed by atoms with Crippen LogP contribution in [0.5, 0.6) is 0 Å². The molecular weight excluding hydrogens is 359 g/mol. The van der Waals surface area contributed by atoms with Gasteiger partial charge in [-0.3, -0.25) is 9.78 Å². The van der Waals surface area contributed by atoms with Crippen molar-refractivity contribution in [1.29, 1.82) is 0 Å². The lowest BCUT2D eigenvalue weighted by molar-refractivity contribution is -0.137. The molecule has 138 valence electrons. The fourth-order valence-electron chi connectivity index (χ4n) is 2.16. The number of benzene rings is 1. The van der Waals surface area contributed by atoms with Crippen molar-refractivity contribution >= 4 is 17.5 Å². The van der Waals surface area contributed by atoms with E-state index in [0.717, 1.165) is 17.7 Å². The van der Waals surface area contributed by atoms with E-state index < -0.39 is 17.6 Å². The number of hydrogen-bond acceptors (Lipinski definition) is 5. The van der Waals surface area contributed by atoms with Gasteiger partial charge in [0.25, 0.3) is 5.91 Å². The average molecular weight is 373 g/mol. The zero-order valence-electron chi connectivity index (χ0n) is 13.9. The van der Waals surface area contributed by atoms with Gasteiger partial charge in [0.1, 0.15) is 0 Å². The fourth-order valence-corrected chi connectivity index (χ4v) is 2.16. The fraction of sp³-hybridized carbons (Fsp3) is 0.111. The summed E-state index contributed by atoms with van der Waals surface area (Å²) in [6.07, 6.45) is 1.59. The van der Waals surface area contributed by atoms with Crippen LogP contribution < -0.4 is 10.6 Å². The number of aromatic nitrogens is 3. The molecule has 3 rings (SSSR count). The second-order valence-electron chi connectivity index (χ2n) is 5.53. The molecule has 0 spiro atoms. The summed E-state index contributed by atoms with van der Waals surface area (Å²) >= 11 is 0. The number of amides is 1. The first kappa shape index (κ1) is 18.3. The Hall–Kier alpha value is -3.49. The molecule has 6 nitrogen and oxygen atoms in total. The van der Waals surface area contributed by atoms with E-state index in [9.17, 15) is 18.0 Å². The standard InChI is InChI=1S/C18H14F3N5O/c19-18(20,21)14-1-3-15(4-2-14)26-16(27)13-10-24-17(25-11-13)23-9-12-5-7-22-8-6-12/h1-8,10-11H,9H2,(H,26,27)(H,23,24,25). The van der Waals surface area contributed by atoms with E-state index in [1.807, 2.05) is 12.1 Å². The third-order valence-electron chi connectivity index (χ3n) is 3.58. The number of nitrogens with one attached hydrogen (secondary N) is 2. The predicted molar refractivity (Wildman–Crippen MR) is 93.0 cm³/mol. The Balaban J connectivity index is 1.58. The van der Waals surface area contributed by atoms with E-state index >= 15 is 0 Å². The van der Waals surface area contributed by atoms with E-state index in [-0.39, 0.29) is 11.3 Å². The van der Waals surface area contributed by atoms with Crippen LogP contribution in [-0.2, 0) is 12.7 Å². The molecule has 0 atom stereocenters. The first-order valence-corrected chi connectivity index (χ1v) is 7.85. The van der Waals surface area contributed by atoms with E-state index in [2.05, 4.69) is 25.6 Å². The van der Waals surface area contributed by atoms with Gasteiger partial charge in [-0.1, -0.05) is 0 Å². The van der Waals surface area contributed by atoms with Crippen LogP contribution in [0.4, 0.5) is 24.8 Å². The number of nitrogens with zero attached hydrogens (tertiary/aromatic N) is 3. The van der Waals surface area contributed by atoms with Crippen LogP contribution in [0.25, 0.3) is 0 Å². The molecule has 0 aliphatic rings. The van der Waals surface area contributed by atoms with Gasteiger partial charge in [0.2, 0.25) is 5.95 Å². The summed E-state index contributed by atoms with van der Waals surface area (Å²) in [6.45, 7) is 0.500. The predicted octanol–water partition coefficient (Wildman–Crippen LogP) is 3.75. The Morgan fingerprint density at radius 3 is 2.19 bits per heavy atom. The summed E-state index contributed by atoms with van der Waals surface area (Å²) in [5.74, 6) is -0.173. The Labute approximate surface area is 152 Å². The first-order chi connectivity index (χ1) is 12.9. The van der Waals surface area contributed by atoms with E-state index in [4.69, 9.17) is 0 Å². The number of anilines is 2. The van der Waals surface area contributed by atoms with Crippen LogP contribution in [0.1, 0.15) is 21.5 Å². The van der Waals surface area contributed by atoms with Gasteiger partial charge in [-0.05, 0) is 42.0 Å². The zero-order chi connectivity index (χ0) is 19.3. The van der Waals surface area contributed by atoms with Crippen LogP contribution in [0.15, 0.2) is 61.2 Å². The second kappa shape index (κ2) is 7.81. The molecule has 0 saturated carbocycles. The van der Waals surface area contributed by atoms with Crippen molar-refractivity contribution in [3.8, 4) is 0 Å². The summed E-state index contributed by atoms with van der Waals surface area (Å²) in [7, 11) is 0. The van der Waals surface area contributed by atoms with Gasteiger partial charge >= 0.3 is 6.18 Å². The molecule has 1 amide bonds. The second-order valence-corrected chi connectivity index (χ2v) is 5.53. The summed E-state index contributed by atoms with van der Waals surface area (Å²) in [5.41, 5.74) is 0.642. The van der Waals surface area contributed by atoms with Gasteiger partial charge in [0, 0.05) is 37.0 Å². The van der Waals surface area contributed by atoms with Gasteiger partial charge < -0.3 is 10.6 Å². The third-order valence-corrected chi connectivity index (χ3v) is 3.58. The van der Waals surface area contributed by atoms with Crippen LogP contribution >= 0.6 is 0 Å². The lowest BCUT2D eigenvalue weighted by Crippen LogP contribution is -2.14. The molecule has 2 N–H and O–H groups in total. The number of hydrogen-bond donors (Lipinski definition) is 2. The summed E-state index contributed by atoms with van der Waals surface area (Å²) in [5, 5.41) is 5.51. The number of halogens is 3. The van der Waals surface area contributed by atoms with Gasteiger partial charge in [0.05, 0.1) is 11.1 Å². The van der Waals surface area contributed by atoms with Crippen molar-refractivity contribution in [1.82, 2.24) is 15.0 Å². The third kappa shape index (κ3) is 5.00. The van der Waals surface area contributed by atoms with Crippen molar-refractivity contribution in [2.45, 2.75) is 12.7 Å². The van der Waals surface area contributed by atoms with Crippen molar-refractivity contribution in [3.63, 3.8) is 0 Å². The van der Waals surface area contributed by atoms with Crippen LogP contribution in [0, 0.1) is 0 Å². The lowest BCUT2D eigenvalue weighted by atomic mass is 10.2. The smallest absolute Gasteiger partial charge is 0.350 e. The molecule has 27 heavy (non-hydrogen) atoms. The average Bonchev–Trinajstić information content (AvgIpc) is 2.67. The molecule has 9 heteroatoms. The first-order valence-electron chi connectivity index (χ1n) is 7.85. The van der Waals surface area contributed by atoms with Gasteiger partial charge in [-0.15, -0.1) is 0 Å². The molecule has 0 bridgehead atoms. The maximum absolute atomic E-state index is 12.5. The van der Waals surface area contributed by atoms with E-state index in [1.54, 1.807) is 12.4 Å². The quantitative estimate of drug-likeness (QED) is 0.712. The Morgan fingerprint density at radius 1 is 0.963 bits per heavy atom. The number of carbonyl (C=O) groups is 1. The molecule has 0 aliphatic carbocycles. The highest BCUT2D eigenvalue weighted by molar-refractivity contribution is 6.03. The lowest BCUT2D eigenvalue weighted by Gasteiger charge is -2.09. The van der Waals surface area contributed by atoms with Gasteiger partial charge in [0.15, 0.2) is 0 Å². The Morgan fingerprint density at radius 2 is 1.59 bits per heavy atom. The Bertz CT molecular complexity index is 897. The number of alkyl halides is 3. The topological polar surface area (TPSA) is 79.8 Å². The van der Waals surface area contributed by atoms with Gasteiger partial charge in [-0.25, -0.2) is 9.97 Å². The molecule has 0 unspecified atom stereocenters. The normalized spacial score (nSPS) is 11.1. The highest BCUT2D eigenvalue weighted by Crippen LogP contribution is 2.29. The molecule has 2 aromatic heterocycles. The summed E-state index contributed by atoms with van der Waals surface area (Å²) in [6, 6.07) is 7.87. The maximum Gasteiger partial charge on any atom is 0.416 e. The van der Waals surface area contributed by atoms with Crippen molar-refractivity contribution in [2.75, 3.05) is 10.6 Å². The number of pyridine rings is 1. The zero-order valence-corrected chi connectivity index (χ0v) is 13.9. The highest BCUT2D eigenvalue weighted by Gasteiger charge is 2.30. The molecule has 0 saturated heterocycles. The van der Waals surface area contributed by atoms with Gasteiger partial charge in [-0.2, -0.15) is 13.2 Å². The maximum atomic E-state index is 12.5. The molecular formula is C18H14F3N5O. The van der Waals surface area contributed by atoms with Crippen molar-refractivity contribution in [2.24, 2.45) is 0 Å². The summed E-state index contributed by atoms with van der Waals surface area (Å²) < 4.78 is 37.6. The van der Waals surface area contributed by atoms with Crippen molar-refractivity contribution in [3.05, 3.63) is 77.9 Å². The minimum absolute atomic E-state index is 0.185. The number of rotatable bonds is 5. The molecule has 0 radical (unpaired) electrons. The van der Waals surface area contributed by atoms with Crippen LogP contribution in [0.3, 0.4) is 0 Å². The largest absolute Gasteiger partial charge is 0.416 e. The molecule has 1 aromatic carbocycles. The van der Waals surface area contributed by atoms with E-state index in [0.29, 0.717) is 12.5 Å². The molecule has 0 aliphatic heterocycles. The minimum Gasteiger partial charge on any atom is -0.350 e. The number of carbonyl (C=O) groups excluding carboxylic acids is 1. The molecule has 2 heterocycles. The Kier molecular flexibility index (Phi) is 5.30. The highest BCUT2D eigenvalue weighted by atomic mass is 19.4. The SMILES string of the molecule is O=C(Nc1ccc(C(F)(F)F)cc1)c1cnc(NCc2ccncc2)nc1.